The van der Waals surface area contributed by atoms with E-state index in [1.54, 1.807) is 4.90 Å². The molecule has 1 N–H and O–H groups in total. The molecule has 1 aromatic rings. The van der Waals surface area contributed by atoms with E-state index in [0.29, 0.717) is 18.7 Å². The summed E-state index contributed by atoms with van der Waals surface area (Å²) in [6.45, 7) is 1.26. The van der Waals surface area contributed by atoms with Crippen molar-refractivity contribution in [2.45, 2.75) is 6.42 Å². The van der Waals surface area contributed by atoms with Gasteiger partial charge in [0.05, 0.1) is 5.02 Å². The summed E-state index contributed by atoms with van der Waals surface area (Å²) in [7, 11) is 0. The number of halogens is 2. The highest BCUT2D eigenvalue weighted by Crippen LogP contribution is 2.21. The molecule has 0 aliphatic carbocycles. The zero-order valence-corrected chi connectivity index (χ0v) is 9.95. The van der Waals surface area contributed by atoms with E-state index in [1.165, 1.54) is 18.2 Å². The molecule has 0 bridgehead atoms. The summed E-state index contributed by atoms with van der Waals surface area (Å²) in [6, 6.07) is 3.95. The van der Waals surface area contributed by atoms with E-state index in [1.807, 2.05) is 0 Å². The molecule has 2 rings (SSSR count). The minimum atomic E-state index is -0.530. The molecule has 1 aromatic carbocycles. The van der Waals surface area contributed by atoms with Crippen LogP contribution in [0.5, 0.6) is 0 Å². The third kappa shape index (κ3) is 2.58. The van der Waals surface area contributed by atoms with E-state index in [-0.39, 0.29) is 23.5 Å². The van der Waals surface area contributed by atoms with Gasteiger partial charge in [0, 0.05) is 31.2 Å². The maximum Gasteiger partial charge on any atom is 0.253 e. The van der Waals surface area contributed by atoms with Gasteiger partial charge in [-0.3, -0.25) is 4.79 Å². The van der Waals surface area contributed by atoms with Crippen molar-refractivity contribution in [3.63, 3.8) is 0 Å². The molecule has 17 heavy (non-hydrogen) atoms. The van der Waals surface area contributed by atoms with Gasteiger partial charge < -0.3 is 10.0 Å². The van der Waals surface area contributed by atoms with Gasteiger partial charge in [0.1, 0.15) is 5.82 Å². The second-order valence-electron chi connectivity index (χ2n) is 4.22. The van der Waals surface area contributed by atoms with Crippen molar-refractivity contribution in [2.24, 2.45) is 5.92 Å². The van der Waals surface area contributed by atoms with Crippen molar-refractivity contribution in [1.82, 2.24) is 4.90 Å². The molecule has 0 radical (unpaired) electrons. The van der Waals surface area contributed by atoms with Gasteiger partial charge in [0.15, 0.2) is 0 Å². The maximum atomic E-state index is 13.0. The first-order chi connectivity index (χ1) is 8.11. The summed E-state index contributed by atoms with van der Waals surface area (Å²) in [5.41, 5.74) is 0.384. The van der Waals surface area contributed by atoms with E-state index in [0.717, 1.165) is 6.42 Å². The number of rotatable bonds is 2. The Labute approximate surface area is 104 Å². The lowest BCUT2D eigenvalue weighted by Crippen LogP contribution is -2.29. The number of amides is 1. The SMILES string of the molecule is O=C(c1ccc(F)c(Cl)c1)N1CC[C@H](CO)C1. The van der Waals surface area contributed by atoms with Gasteiger partial charge in [-0.15, -0.1) is 0 Å². The largest absolute Gasteiger partial charge is 0.396 e. The molecule has 0 saturated carbocycles. The summed E-state index contributed by atoms with van der Waals surface area (Å²) in [5, 5.41) is 8.96. The highest BCUT2D eigenvalue weighted by atomic mass is 35.5. The number of carbonyl (C=O) groups is 1. The summed E-state index contributed by atoms with van der Waals surface area (Å²) < 4.78 is 13.0. The monoisotopic (exact) mass is 257 g/mol. The Bertz CT molecular complexity index is 439. The van der Waals surface area contributed by atoms with Gasteiger partial charge in [-0.25, -0.2) is 4.39 Å². The first-order valence-electron chi connectivity index (χ1n) is 5.47. The first kappa shape index (κ1) is 12.3. The van der Waals surface area contributed by atoms with Crippen LogP contribution in [-0.2, 0) is 0 Å². The lowest BCUT2D eigenvalue weighted by molar-refractivity contribution is 0.0782. The van der Waals surface area contributed by atoms with E-state index in [2.05, 4.69) is 0 Å². The molecular formula is C12H13ClFNO2. The molecule has 0 spiro atoms. The molecule has 1 heterocycles. The second kappa shape index (κ2) is 5.02. The summed E-state index contributed by atoms with van der Waals surface area (Å²) >= 11 is 5.63. The number of aliphatic hydroxyl groups excluding tert-OH is 1. The molecule has 1 saturated heterocycles. The Morgan fingerprint density at radius 3 is 2.94 bits per heavy atom. The Morgan fingerprint density at radius 1 is 1.59 bits per heavy atom. The summed E-state index contributed by atoms with van der Waals surface area (Å²) in [4.78, 5) is 13.7. The van der Waals surface area contributed by atoms with Gasteiger partial charge in [0.25, 0.3) is 5.91 Å². The van der Waals surface area contributed by atoms with Crippen LogP contribution < -0.4 is 0 Å². The van der Waals surface area contributed by atoms with Gasteiger partial charge >= 0.3 is 0 Å². The van der Waals surface area contributed by atoms with Crippen LogP contribution in [0.15, 0.2) is 18.2 Å². The lowest BCUT2D eigenvalue weighted by Gasteiger charge is -2.16. The zero-order chi connectivity index (χ0) is 12.4. The predicted octanol–water partition coefficient (Wildman–Crippen LogP) is 1.93. The highest BCUT2D eigenvalue weighted by molar-refractivity contribution is 6.31. The molecule has 1 aliphatic heterocycles. The molecule has 3 nitrogen and oxygen atoms in total. The van der Waals surface area contributed by atoms with Crippen molar-refractivity contribution in [2.75, 3.05) is 19.7 Å². The Hall–Kier alpha value is -1.13. The minimum absolute atomic E-state index is 0.0474. The van der Waals surface area contributed by atoms with Crippen molar-refractivity contribution >= 4 is 17.5 Å². The number of nitrogens with zero attached hydrogens (tertiary/aromatic N) is 1. The Kier molecular flexibility index (Phi) is 3.64. The molecule has 92 valence electrons. The third-order valence-electron chi connectivity index (χ3n) is 3.00. The molecular weight excluding hydrogens is 245 g/mol. The van der Waals surface area contributed by atoms with E-state index < -0.39 is 5.82 Å². The van der Waals surface area contributed by atoms with E-state index in [9.17, 15) is 9.18 Å². The van der Waals surface area contributed by atoms with Crippen LogP contribution in [0, 0.1) is 11.7 Å². The quantitative estimate of drug-likeness (QED) is 0.880. The molecule has 1 fully saturated rings. The average Bonchev–Trinajstić information content (AvgIpc) is 2.80. The van der Waals surface area contributed by atoms with Crippen molar-refractivity contribution in [3.05, 3.63) is 34.6 Å². The smallest absolute Gasteiger partial charge is 0.253 e. The predicted molar refractivity (Wildman–Crippen MR) is 62.5 cm³/mol. The van der Waals surface area contributed by atoms with Gasteiger partial charge in [-0.2, -0.15) is 0 Å². The highest BCUT2D eigenvalue weighted by Gasteiger charge is 2.26. The minimum Gasteiger partial charge on any atom is -0.396 e. The standard InChI is InChI=1S/C12H13ClFNO2/c13-10-5-9(1-2-11(10)14)12(17)15-4-3-8(6-15)7-16/h1-2,5,8,16H,3-4,6-7H2/t8-/m0/s1. The third-order valence-corrected chi connectivity index (χ3v) is 3.29. The second-order valence-corrected chi connectivity index (χ2v) is 4.62. The average molecular weight is 258 g/mol. The van der Waals surface area contributed by atoms with Crippen LogP contribution in [0.3, 0.4) is 0 Å². The molecule has 5 heteroatoms. The summed E-state index contributed by atoms with van der Waals surface area (Å²) in [6.07, 6.45) is 0.803. The number of aliphatic hydroxyl groups is 1. The van der Waals surface area contributed by atoms with Crippen molar-refractivity contribution in [1.29, 1.82) is 0 Å². The van der Waals surface area contributed by atoms with Gasteiger partial charge in [-0.05, 0) is 24.6 Å². The number of carbonyl (C=O) groups excluding carboxylic acids is 1. The molecule has 0 unspecified atom stereocenters. The van der Waals surface area contributed by atoms with Crippen LogP contribution in [-0.4, -0.2) is 35.6 Å². The van der Waals surface area contributed by atoms with E-state index >= 15 is 0 Å². The number of hydrogen-bond donors (Lipinski definition) is 1. The van der Waals surface area contributed by atoms with Crippen LogP contribution in [0.1, 0.15) is 16.8 Å². The lowest BCUT2D eigenvalue weighted by atomic mass is 10.1. The zero-order valence-electron chi connectivity index (χ0n) is 9.20. The Morgan fingerprint density at radius 2 is 2.35 bits per heavy atom. The molecule has 1 amide bonds. The molecule has 0 aromatic heterocycles. The topological polar surface area (TPSA) is 40.5 Å². The van der Waals surface area contributed by atoms with E-state index in [4.69, 9.17) is 16.7 Å². The normalized spacial score (nSPS) is 19.7. The maximum absolute atomic E-state index is 13.0. The number of benzene rings is 1. The van der Waals surface area contributed by atoms with Crippen molar-refractivity contribution in [3.8, 4) is 0 Å². The number of likely N-dealkylation sites (tertiary alicyclic amines) is 1. The van der Waals surface area contributed by atoms with Gasteiger partial charge in [-0.1, -0.05) is 11.6 Å². The first-order valence-corrected chi connectivity index (χ1v) is 5.85. The van der Waals surface area contributed by atoms with Gasteiger partial charge in [0.2, 0.25) is 0 Å². The van der Waals surface area contributed by atoms with Crippen LogP contribution in [0.4, 0.5) is 4.39 Å². The van der Waals surface area contributed by atoms with Crippen LogP contribution in [0.25, 0.3) is 0 Å². The molecule has 1 atom stereocenters. The summed E-state index contributed by atoms with van der Waals surface area (Å²) in [5.74, 6) is -0.546. The van der Waals surface area contributed by atoms with Crippen LogP contribution in [0.2, 0.25) is 5.02 Å². The fraction of sp³-hybridized carbons (Fsp3) is 0.417. The fourth-order valence-electron chi connectivity index (χ4n) is 1.98. The fourth-order valence-corrected chi connectivity index (χ4v) is 2.16. The Balaban J connectivity index is 2.12. The molecule has 1 aliphatic rings. The van der Waals surface area contributed by atoms with Crippen LogP contribution >= 0.6 is 11.6 Å². The number of hydrogen-bond acceptors (Lipinski definition) is 2. The van der Waals surface area contributed by atoms with Crippen molar-refractivity contribution < 1.29 is 14.3 Å².